The summed E-state index contributed by atoms with van der Waals surface area (Å²) in [4.78, 5) is 21.1. The maximum Gasteiger partial charge on any atom is 0.317 e. The second kappa shape index (κ2) is 9.06. The average molecular weight is 380 g/mol. The predicted molar refractivity (Wildman–Crippen MR) is 108 cm³/mol. The number of urea groups is 1. The Labute approximate surface area is 166 Å². The number of aromatic nitrogens is 1. The van der Waals surface area contributed by atoms with Crippen molar-refractivity contribution >= 4 is 6.03 Å². The molecule has 2 aliphatic heterocycles. The molecule has 2 aromatic rings. The van der Waals surface area contributed by atoms with Gasteiger partial charge in [-0.15, -0.1) is 0 Å². The lowest BCUT2D eigenvalue weighted by atomic mass is 10.0. The molecule has 6 heteroatoms. The lowest BCUT2D eigenvalue weighted by Gasteiger charge is -2.33. The Hall–Kier alpha value is -2.60. The monoisotopic (exact) mass is 380 g/mol. The minimum absolute atomic E-state index is 0.0462. The Morgan fingerprint density at radius 3 is 2.64 bits per heavy atom. The van der Waals surface area contributed by atoms with Crippen molar-refractivity contribution in [2.45, 2.75) is 38.0 Å². The SMILES string of the molecule is O=C(NC1CCN(Cc2cccnc2)CC1)N1CCC(Oc2ccccc2)C1. The molecular weight excluding hydrogens is 352 g/mol. The van der Waals surface area contributed by atoms with E-state index < -0.39 is 0 Å². The highest BCUT2D eigenvalue weighted by molar-refractivity contribution is 5.74. The van der Waals surface area contributed by atoms with Gasteiger partial charge in [0.2, 0.25) is 0 Å². The van der Waals surface area contributed by atoms with Gasteiger partial charge < -0.3 is 15.0 Å². The largest absolute Gasteiger partial charge is 0.489 e. The number of carbonyl (C=O) groups is 1. The number of hydrogen-bond acceptors (Lipinski definition) is 4. The number of nitrogens with one attached hydrogen (secondary N) is 1. The van der Waals surface area contributed by atoms with Gasteiger partial charge >= 0.3 is 6.03 Å². The van der Waals surface area contributed by atoms with Crippen LogP contribution in [0.2, 0.25) is 0 Å². The van der Waals surface area contributed by atoms with E-state index in [1.807, 2.05) is 47.5 Å². The Kier molecular flexibility index (Phi) is 6.07. The number of rotatable bonds is 5. The standard InChI is InChI=1S/C22H28N4O2/c27-22(26-14-10-21(17-26)28-20-6-2-1-3-7-20)24-19-8-12-25(13-9-19)16-18-5-4-11-23-15-18/h1-7,11,15,19,21H,8-10,12-14,16-17H2,(H,24,27). The van der Waals surface area contributed by atoms with Crippen LogP contribution in [0.25, 0.3) is 0 Å². The van der Waals surface area contributed by atoms with Gasteiger partial charge in [0.05, 0.1) is 6.54 Å². The van der Waals surface area contributed by atoms with E-state index in [0.717, 1.165) is 51.2 Å². The van der Waals surface area contributed by atoms with Crippen LogP contribution in [-0.4, -0.2) is 59.1 Å². The van der Waals surface area contributed by atoms with Crippen molar-refractivity contribution in [3.63, 3.8) is 0 Å². The molecule has 0 radical (unpaired) electrons. The first-order valence-electron chi connectivity index (χ1n) is 10.1. The predicted octanol–water partition coefficient (Wildman–Crippen LogP) is 2.91. The number of piperidine rings is 1. The maximum absolute atomic E-state index is 12.6. The smallest absolute Gasteiger partial charge is 0.317 e. The minimum Gasteiger partial charge on any atom is -0.489 e. The van der Waals surface area contributed by atoms with E-state index in [1.54, 1.807) is 6.20 Å². The van der Waals surface area contributed by atoms with Gasteiger partial charge in [-0.2, -0.15) is 0 Å². The van der Waals surface area contributed by atoms with Gasteiger partial charge in [-0.1, -0.05) is 24.3 Å². The molecule has 1 aromatic heterocycles. The zero-order valence-electron chi connectivity index (χ0n) is 16.2. The molecule has 2 aliphatic rings. The summed E-state index contributed by atoms with van der Waals surface area (Å²) in [6, 6.07) is 14.2. The zero-order valence-corrected chi connectivity index (χ0v) is 16.2. The summed E-state index contributed by atoms with van der Waals surface area (Å²) in [5.41, 5.74) is 1.24. The van der Waals surface area contributed by atoms with Crippen LogP contribution < -0.4 is 10.1 Å². The van der Waals surface area contributed by atoms with Crippen LogP contribution in [0.3, 0.4) is 0 Å². The third-order valence-corrected chi connectivity index (χ3v) is 5.52. The summed E-state index contributed by atoms with van der Waals surface area (Å²) in [6.45, 7) is 4.34. The number of hydrogen-bond donors (Lipinski definition) is 1. The van der Waals surface area contributed by atoms with Gasteiger partial charge in [0.1, 0.15) is 11.9 Å². The van der Waals surface area contributed by atoms with Crippen LogP contribution in [0.5, 0.6) is 5.75 Å². The van der Waals surface area contributed by atoms with Crippen molar-refractivity contribution in [2.75, 3.05) is 26.2 Å². The zero-order chi connectivity index (χ0) is 19.2. The van der Waals surface area contributed by atoms with Gasteiger partial charge in [0.15, 0.2) is 0 Å². The molecule has 28 heavy (non-hydrogen) atoms. The summed E-state index contributed by atoms with van der Waals surface area (Å²) in [5, 5.41) is 3.22. The molecule has 0 spiro atoms. The van der Waals surface area contributed by atoms with Gasteiger partial charge in [0, 0.05) is 51.0 Å². The second-order valence-corrected chi connectivity index (χ2v) is 7.65. The molecular formula is C22H28N4O2. The molecule has 148 valence electrons. The summed E-state index contributed by atoms with van der Waals surface area (Å²) < 4.78 is 5.98. The summed E-state index contributed by atoms with van der Waals surface area (Å²) in [7, 11) is 0. The highest BCUT2D eigenvalue weighted by Gasteiger charge is 2.29. The van der Waals surface area contributed by atoms with Crippen LogP contribution in [0.4, 0.5) is 4.79 Å². The molecule has 2 saturated heterocycles. The Bertz CT molecular complexity index is 748. The number of carbonyl (C=O) groups excluding carboxylic acids is 1. The summed E-state index contributed by atoms with van der Waals surface area (Å²) in [5.74, 6) is 0.871. The molecule has 1 atom stereocenters. The van der Waals surface area contributed by atoms with Crippen molar-refractivity contribution in [3.8, 4) is 5.75 Å². The highest BCUT2D eigenvalue weighted by Crippen LogP contribution is 2.19. The molecule has 2 amide bonds. The van der Waals surface area contributed by atoms with E-state index in [0.29, 0.717) is 6.54 Å². The minimum atomic E-state index is 0.0462. The molecule has 1 unspecified atom stereocenters. The van der Waals surface area contributed by atoms with Crippen LogP contribution in [0.15, 0.2) is 54.9 Å². The normalized spacial score (nSPS) is 20.9. The third-order valence-electron chi connectivity index (χ3n) is 5.52. The van der Waals surface area contributed by atoms with Gasteiger partial charge in [-0.3, -0.25) is 9.88 Å². The maximum atomic E-state index is 12.6. The highest BCUT2D eigenvalue weighted by atomic mass is 16.5. The molecule has 0 aliphatic carbocycles. The first-order chi connectivity index (χ1) is 13.8. The molecule has 3 heterocycles. The average Bonchev–Trinajstić information content (AvgIpc) is 3.20. The molecule has 1 aromatic carbocycles. The number of para-hydroxylation sites is 1. The summed E-state index contributed by atoms with van der Waals surface area (Å²) in [6.07, 6.45) is 6.67. The van der Waals surface area contributed by atoms with Crippen molar-refractivity contribution in [1.29, 1.82) is 0 Å². The quantitative estimate of drug-likeness (QED) is 0.867. The number of ether oxygens (including phenoxy) is 1. The Morgan fingerprint density at radius 1 is 1.07 bits per heavy atom. The first-order valence-corrected chi connectivity index (χ1v) is 10.1. The number of benzene rings is 1. The van der Waals surface area contributed by atoms with Gasteiger partial charge in [-0.05, 0) is 36.6 Å². The molecule has 0 bridgehead atoms. The van der Waals surface area contributed by atoms with E-state index in [9.17, 15) is 4.79 Å². The van der Waals surface area contributed by atoms with E-state index in [2.05, 4.69) is 21.3 Å². The first kappa shape index (κ1) is 18.7. The molecule has 2 fully saturated rings. The van der Waals surface area contributed by atoms with Gasteiger partial charge in [-0.25, -0.2) is 4.79 Å². The molecule has 6 nitrogen and oxygen atoms in total. The number of likely N-dealkylation sites (tertiary alicyclic amines) is 2. The molecule has 0 saturated carbocycles. The summed E-state index contributed by atoms with van der Waals surface area (Å²) >= 11 is 0. The van der Waals surface area contributed by atoms with Crippen molar-refractivity contribution in [2.24, 2.45) is 0 Å². The molecule has 4 rings (SSSR count). The van der Waals surface area contributed by atoms with Gasteiger partial charge in [0.25, 0.3) is 0 Å². The van der Waals surface area contributed by atoms with Crippen LogP contribution >= 0.6 is 0 Å². The van der Waals surface area contributed by atoms with Crippen LogP contribution in [0.1, 0.15) is 24.8 Å². The van der Waals surface area contributed by atoms with E-state index >= 15 is 0 Å². The van der Waals surface area contributed by atoms with Crippen LogP contribution in [0, 0.1) is 0 Å². The second-order valence-electron chi connectivity index (χ2n) is 7.65. The van der Waals surface area contributed by atoms with Crippen molar-refractivity contribution in [1.82, 2.24) is 20.1 Å². The van der Waals surface area contributed by atoms with Crippen molar-refractivity contribution in [3.05, 3.63) is 60.4 Å². The number of nitrogens with zero attached hydrogens (tertiary/aromatic N) is 3. The van der Waals surface area contributed by atoms with Crippen LogP contribution in [-0.2, 0) is 6.54 Å². The third kappa shape index (κ3) is 5.01. The fourth-order valence-electron chi connectivity index (χ4n) is 3.95. The Balaban J connectivity index is 1.19. The number of amides is 2. The topological polar surface area (TPSA) is 57.7 Å². The lowest BCUT2D eigenvalue weighted by molar-refractivity contribution is 0.167. The van der Waals surface area contributed by atoms with Crippen molar-refractivity contribution < 1.29 is 9.53 Å². The number of pyridine rings is 1. The fraction of sp³-hybridized carbons (Fsp3) is 0.455. The lowest BCUT2D eigenvalue weighted by Crippen LogP contribution is -2.48. The van der Waals surface area contributed by atoms with E-state index in [1.165, 1.54) is 5.56 Å². The van der Waals surface area contributed by atoms with E-state index in [-0.39, 0.29) is 18.2 Å². The van der Waals surface area contributed by atoms with E-state index in [4.69, 9.17) is 4.74 Å². The Morgan fingerprint density at radius 2 is 1.89 bits per heavy atom. The molecule has 1 N–H and O–H groups in total. The fourth-order valence-corrected chi connectivity index (χ4v) is 3.95.